The van der Waals surface area contributed by atoms with Gasteiger partial charge in [-0.05, 0) is 36.0 Å². The molecule has 0 bridgehead atoms. The van der Waals surface area contributed by atoms with Crippen molar-refractivity contribution in [3.05, 3.63) is 11.6 Å². The van der Waals surface area contributed by atoms with E-state index in [1.807, 2.05) is 13.8 Å². The summed E-state index contributed by atoms with van der Waals surface area (Å²) in [6.07, 6.45) is 0.489. The highest BCUT2D eigenvalue weighted by Crippen LogP contribution is 2.56. The third kappa shape index (κ3) is 3.03. The molecule has 0 spiro atoms. The monoisotopic (exact) mass is 393 g/mol. The molecular formula is C13H19N11O2S. The quantitative estimate of drug-likeness (QED) is 0.449. The zero-order chi connectivity index (χ0) is 19.2. The van der Waals surface area contributed by atoms with E-state index in [0.29, 0.717) is 24.6 Å². The van der Waals surface area contributed by atoms with Crippen molar-refractivity contribution in [2.45, 2.75) is 49.0 Å². The van der Waals surface area contributed by atoms with Gasteiger partial charge in [-0.1, -0.05) is 0 Å². The summed E-state index contributed by atoms with van der Waals surface area (Å²) in [5, 5.41) is 28.2. The van der Waals surface area contributed by atoms with Crippen LogP contribution >= 0.6 is 11.8 Å². The van der Waals surface area contributed by atoms with E-state index in [0.717, 1.165) is 0 Å². The number of nitrogens with one attached hydrogen (secondary N) is 2. The Morgan fingerprint density at radius 1 is 1.41 bits per heavy atom. The molecule has 2 aliphatic rings. The van der Waals surface area contributed by atoms with Crippen molar-refractivity contribution in [3.63, 3.8) is 0 Å². The molecule has 2 aromatic rings. The van der Waals surface area contributed by atoms with Gasteiger partial charge < -0.3 is 16.0 Å². The molecule has 2 aliphatic heterocycles. The van der Waals surface area contributed by atoms with Crippen molar-refractivity contribution < 1.29 is 9.59 Å². The summed E-state index contributed by atoms with van der Waals surface area (Å²) >= 11 is 1.61. The Morgan fingerprint density at radius 3 is 2.93 bits per heavy atom. The van der Waals surface area contributed by atoms with Gasteiger partial charge in [0.15, 0.2) is 11.6 Å². The fraction of sp³-hybridized carbons (Fsp3) is 0.692. The van der Waals surface area contributed by atoms with Crippen molar-refractivity contribution in [1.82, 2.24) is 51.0 Å². The number of carbonyl (C=O) groups excluding carboxylic acids is 2. The average Bonchev–Trinajstić information content (AvgIpc) is 3.32. The Morgan fingerprint density at radius 2 is 2.22 bits per heavy atom. The fourth-order valence-corrected chi connectivity index (χ4v) is 5.03. The van der Waals surface area contributed by atoms with E-state index < -0.39 is 6.04 Å². The van der Waals surface area contributed by atoms with Gasteiger partial charge in [-0.3, -0.25) is 9.59 Å². The van der Waals surface area contributed by atoms with Crippen LogP contribution < -0.4 is 11.1 Å². The first-order chi connectivity index (χ1) is 12.9. The second-order valence-corrected chi connectivity index (χ2v) is 8.64. The normalized spacial score (nSPS) is 26.0. The van der Waals surface area contributed by atoms with Crippen molar-refractivity contribution >= 4 is 23.6 Å². The average molecular weight is 393 g/mol. The second kappa shape index (κ2) is 6.53. The van der Waals surface area contributed by atoms with Gasteiger partial charge in [0.2, 0.25) is 11.8 Å². The molecule has 2 aromatic heterocycles. The van der Waals surface area contributed by atoms with Gasteiger partial charge in [0.1, 0.15) is 24.0 Å². The number of carbonyl (C=O) groups is 2. The molecule has 13 nitrogen and oxygen atoms in total. The number of rotatable bonds is 6. The molecule has 2 fully saturated rings. The summed E-state index contributed by atoms with van der Waals surface area (Å²) in [6.45, 7) is 4.33. The van der Waals surface area contributed by atoms with Crippen LogP contribution in [0, 0.1) is 0 Å². The van der Waals surface area contributed by atoms with Gasteiger partial charge in [-0.15, -0.1) is 27.1 Å². The molecule has 4 heterocycles. The number of H-pyrrole nitrogens is 1. The lowest BCUT2D eigenvalue weighted by Crippen LogP contribution is -2.68. The number of tetrazole rings is 2. The third-order valence-corrected chi connectivity index (χ3v) is 6.10. The Labute approximate surface area is 157 Å². The molecule has 3 unspecified atom stereocenters. The molecule has 0 saturated carbocycles. The molecule has 0 aromatic carbocycles. The maximum atomic E-state index is 12.7. The Hall–Kier alpha value is -2.61. The Bertz CT molecular complexity index is 850. The van der Waals surface area contributed by atoms with Gasteiger partial charge in [0.05, 0.1) is 0 Å². The van der Waals surface area contributed by atoms with Gasteiger partial charge in [-0.2, -0.15) is 4.80 Å². The number of β-lactam (4-membered cyclic amide) rings is 1. The van der Waals surface area contributed by atoms with E-state index in [4.69, 9.17) is 5.73 Å². The van der Waals surface area contributed by atoms with E-state index in [-0.39, 0.29) is 34.5 Å². The predicted molar refractivity (Wildman–Crippen MR) is 91.7 cm³/mol. The van der Waals surface area contributed by atoms with Crippen LogP contribution in [0.5, 0.6) is 0 Å². The maximum Gasteiger partial charge on any atom is 0.249 e. The number of thioether (sulfide) groups is 1. The lowest BCUT2D eigenvalue weighted by atomic mass is 9.95. The number of aromatic amines is 1. The highest BCUT2D eigenvalue weighted by atomic mass is 32.2. The minimum atomic E-state index is -0.602. The first-order valence-electron chi connectivity index (χ1n) is 8.40. The second-order valence-electron chi connectivity index (χ2n) is 6.87. The molecular weight excluding hydrogens is 374 g/mol. The molecule has 2 amide bonds. The first-order valence-corrected chi connectivity index (χ1v) is 9.28. The van der Waals surface area contributed by atoms with Crippen LogP contribution in [0.4, 0.5) is 0 Å². The molecule has 14 heteroatoms. The minimum absolute atomic E-state index is 0.114. The number of aromatic nitrogens is 8. The van der Waals surface area contributed by atoms with Crippen LogP contribution in [-0.2, 0) is 22.6 Å². The molecule has 4 rings (SSSR count). The highest BCUT2D eigenvalue weighted by molar-refractivity contribution is 8.01. The Kier molecular flexibility index (Phi) is 4.30. The minimum Gasteiger partial charge on any atom is -0.340 e. The van der Waals surface area contributed by atoms with E-state index in [9.17, 15) is 9.59 Å². The molecule has 2 saturated heterocycles. The summed E-state index contributed by atoms with van der Waals surface area (Å²) in [7, 11) is 0. The van der Waals surface area contributed by atoms with Crippen molar-refractivity contribution in [1.29, 1.82) is 0 Å². The smallest absolute Gasteiger partial charge is 0.249 e. The summed E-state index contributed by atoms with van der Waals surface area (Å²) in [5.74, 6) is 0.497. The zero-order valence-electron chi connectivity index (χ0n) is 14.7. The SMILES string of the molecule is CC1(C)SC2C(NC(=O)Cn3nnc(CCN)n3)C(=O)N2C1c1nnn[nH]1. The fourth-order valence-electron chi connectivity index (χ4n) is 3.39. The van der Waals surface area contributed by atoms with Gasteiger partial charge in [-0.25, -0.2) is 5.10 Å². The lowest BCUT2D eigenvalue weighted by Gasteiger charge is -2.44. The van der Waals surface area contributed by atoms with Crippen LogP contribution in [0.1, 0.15) is 31.5 Å². The standard InChI is InChI=1S/C13H19N11O2S/c1-13(2)9(10-17-20-21-18-10)24-11(26)8(12(24)27-13)15-7(25)5-23-19-6(3-4-14)16-22-23/h8-9,12H,3-5,14H2,1-2H3,(H,15,25)(H,17,18,20,21). The van der Waals surface area contributed by atoms with E-state index in [1.165, 1.54) is 4.80 Å². The van der Waals surface area contributed by atoms with Crippen LogP contribution in [0.2, 0.25) is 0 Å². The largest absolute Gasteiger partial charge is 0.340 e. The maximum absolute atomic E-state index is 12.7. The topological polar surface area (TPSA) is 173 Å². The van der Waals surface area contributed by atoms with Crippen molar-refractivity contribution in [3.8, 4) is 0 Å². The van der Waals surface area contributed by atoms with Gasteiger partial charge >= 0.3 is 0 Å². The number of amides is 2. The summed E-state index contributed by atoms with van der Waals surface area (Å²) < 4.78 is -0.300. The van der Waals surface area contributed by atoms with E-state index in [1.54, 1.807) is 16.7 Å². The Balaban J connectivity index is 1.41. The number of fused-ring (bicyclic) bond motifs is 1. The highest BCUT2D eigenvalue weighted by Gasteiger charge is 2.63. The zero-order valence-corrected chi connectivity index (χ0v) is 15.5. The molecule has 4 N–H and O–H groups in total. The van der Waals surface area contributed by atoms with Crippen LogP contribution in [0.25, 0.3) is 0 Å². The molecule has 0 aliphatic carbocycles. The van der Waals surface area contributed by atoms with Crippen molar-refractivity contribution in [2.24, 2.45) is 5.73 Å². The van der Waals surface area contributed by atoms with Crippen molar-refractivity contribution in [2.75, 3.05) is 6.54 Å². The predicted octanol–water partition coefficient (Wildman–Crippen LogP) is -2.39. The molecule has 144 valence electrons. The molecule has 27 heavy (non-hydrogen) atoms. The molecule has 0 radical (unpaired) electrons. The number of nitrogens with two attached hydrogens (primary N) is 1. The first kappa shape index (κ1) is 17.8. The summed E-state index contributed by atoms with van der Waals surface area (Å²) in [4.78, 5) is 27.9. The summed E-state index contributed by atoms with van der Waals surface area (Å²) in [5.41, 5.74) is 5.44. The van der Waals surface area contributed by atoms with E-state index in [2.05, 4.69) is 41.4 Å². The molecule has 3 atom stereocenters. The summed E-state index contributed by atoms with van der Waals surface area (Å²) in [6, 6.07) is -0.881. The number of hydrogen-bond acceptors (Lipinski definition) is 10. The van der Waals surface area contributed by atoms with Crippen LogP contribution in [-0.4, -0.2) is 80.3 Å². The van der Waals surface area contributed by atoms with Crippen LogP contribution in [0.3, 0.4) is 0 Å². The third-order valence-electron chi connectivity index (χ3n) is 4.53. The number of nitrogens with zero attached hydrogens (tertiary/aromatic N) is 8. The van der Waals surface area contributed by atoms with E-state index >= 15 is 0 Å². The lowest BCUT2D eigenvalue weighted by molar-refractivity contribution is -0.152. The van der Waals surface area contributed by atoms with Gasteiger partial charge in [0, 0.05) is 11.2 Å². The number of hydrogen-bond donors (Lipinski definition) is 3. The van der Waals surface area contributed by atoms with Gasteiger partial charge in [0.25, 0.3) is 0 Å². The van der Waals surface area contributed by atoms with Crippen LogP contribution in [0.15, 0.2) is 0 Å².